The molecule has 0 radical (unpaired) electrons. The lowest BCUT2D eigenvalue weighted by Gasteiger charge is -2.19. The van der Waals surface area contributed by atoms with Crippen molar-refractivity contribution in [3.05, 3.63) is 58.7 Å². The number of nitrogens with zero attached hydrogens (tertiary/aromatic N) is 1. The second-order valence-corrected chi connectivity index (χ2v) is 10.0. The number of ketones is 1. The molecule has 0 saturated carbocycles. The van der Waals surface area contributed by atoms with Crippen molar-refractivity contribution in [2.75, 3.05) is 0 Å². The van der Waals surface area contributed by atoms with Crippen molar-refractivity contribution in [3.63, 3.8) is 0 Å². The minimum Gasteiger partial charge on any atom is -0.743 e. The first-order chi connectivity index (χ1) is 14.7. The third-order valence-electron chi connectivity index (χ3n) is 3.94. The Kier molecular flexibility index (Phi) is 8.10. The molecular formula is C17H10F2I2NO9S-. The molecule has 2 rings (SSSR count). The minimum absolute atomic E-state index is 0.300. The van der Waals surface area contributed by atoms with Gasteiger partial charge in [0, 0.05) is 16.4 Å². The fourth-order valence-corrected chi connectivity index (χ4v) is 4.61. The Morgan fingerprint density at radius 2 is 1.81 bits per heavy atom. The van der Waals surface area contributed by atoms with Gasteiger partial charge in [-0.3, -0.25) is 14.9 Å². The van der Waals surface area contributed by atoms with E-state index in [0.717, 1.165) is 18.2 Å². The van der Waals surface area contributed by atoms with Gasteiger partial charge in [0.2, 0.25) is 5.75 Å². The highest BCUT2D eigenvalue weighted by Crippen LogP contribution is 2.35. The van der Waals surface area contributed by atoms with Crippen LogP contribution in [0.1, 0.15) is 33.6 Å². The Hall–Kier alpha value is -1.99. The molecule has 10 nitrogen and oxygen atoms in total. The lowest BCUT2D eigenvalue weighted by molar-refractivity contribution is -0.385. The van der Waals surface area contributed by atoms with Gasteiger partial charge in [0.1, 0.15) is 11.3 Å². The van der Waals surface area contributed by atoms with Crippen LogP contribution in [-0.2, 0) is 10.1 Å². The molecule has 172 valence electrons. The molecule has 2 aromatic carbocycles. The fraction of sp³-hybridized carbons (Fsp3) is 0.176. The number of aromatic hydroxyl groups is 1. The van der Waals surface area contributed by atoms with Crippen LogP contribution in [0.3, 0.4) is 0 Å². The molecule has 0 unspecified atom stereocenters. The zero-order chi connectivity index (χ0) is 24.4. The number of esters is 1. The number of carbonyl (C=O) groups is 2. The average Bonchev–Trinajstić information content (AvgIpc) is 2.67. The number of nitro benzene ring substituents is 1. The summed E-state index contributed by atoms with van der Waals surface area (Å²) in [5.41, 5.74) is -2.08. The molecule has 0 aromatic heterocycles. The van der Waals surface area contributed by atoms with E-state index in [2.05, 4.69) is 0 Å². The van der Waals surface area contributed by atoms with Crippen molar-refractivity contribution in [3.8, 4) is 11.5 Å². The van der Waals surface area contributed by atoms with Gasteiger partial charge in [-0.2, -0.15) is 8.78 Å². The fourth-order valence-electron chi connectivity index (χ4n) is 2.41. The zero-order valence-corrected chi connectivity index (χ0v) is 20.5. The van der Waals surface area contributed by atoms with Crippen LogP contribution in [0.25, 0.3) is 0 Å². The molecule has 2 aromatic rings. The largest absolute Gasteiger partial charge is 0.743 e. The maximum Gasteiger partial charge on any atom is 0.347 e. The van der Waals surface area contributed by atoms with Crippen LogP contribution in [0.5, 0.6) is 11.5 Å². The lowest BCUT2D eigenvalue weighted by Crippen LogP contribution is -2.29. The minimum atomic E-state index is -6.04. The molecule has 15 heteroatoms. The summed E-state index contributed by atoms with van der Waals surface area (Å²) < 4.78 is 64.2. The summed E-state index contributed by atoms with van der Waals surface area (Å²) >= 11 is 3.61. The first kappa shape index (κ1) is 26.3. The van der Waals surface area contributed by atoms with Gasteiger partial charge in [0.25, 0.3) is 0 Å². The number of halogens is 4. The van der Waals surface area contributed by atoms with Gasteiger partial charge in [-0.05, 0) is 69.4 Å². The molecule has 0 atom stereocenters. The SMILES string of the molecule is O=C(Oc1cccc(C(=O)CCC(F)(F)S(=O)(=O)[O-])c1[N+](=O)[O-])c1cc(I)cc(I)c1O. The number of carbonyl (C=O) groups excluding carboxylic acids is 2. The van der Waals surface area contributed by atoms with E-state index in [9.17, 15) is 46.6 Å². The summed E-state index contributed by atoms with van der Waals surface area (Å²) in [6, 6.07) is 5.75. The van der Waals surface area contributed by atoms with Gasteiger partial charge < -0.3 is 14.4 Å². The van der Waals surface area contributed by atoms with Crippen LogP contribution in [0.2, 0.25) is 0 Å². The van der Waals surface area contributed by atoms with Crippen LogP contribution < -0.4 is 4.74 Å². The lowest BCUT2D eigenvalue weighted by atomic mass is 10.0. The van der Waals surface area contributed by atoms with Crippen molar-refractivity contribution in [2.24, 2.45) is 0 Å². The molecule has 0 aliphatic heterocycles. The third kappa shape index (κ3) is 5.87. The van der Waals surface area contributed by atoms with E-state index in [0.29, 0.717) is 7.14 Å². The number of para-hydroxylation sites is 1. The van der Waals surface area contributed by atoms with Crippen LogP contribution in [0.4, 0.5) is 14.5 Å². The molecule has 0 aliphatic rings. The van der Waals surface area contributed by atoms with Crippen LogP contribution in [0.15, 0.2) is 30.3 Å². The van der Waals surface area contributed by atoms with E-state index in [1.165, 1.54) is 6.07 Å². The van der Waals surface area contributed by atoms with Crippen molar-refractivity contribution in [1.29, 1.82) is 0 Å². The monoisotopic (exact) mass is 696 g/mol. The Bertz CT molecular complexity index is 1220. The van der Waals surface area contributed by atoms with Crippen LogP contribution >= 0.6 is 45.2 Å². The van der Waals surface area contributed by atoms with E-state index >= 15 is 0 Å². The summed E-state index contributed by atoms with van der Waals surface area (Å²) in [5.74, 6) is -3.60. The molecular weight excluding hydrogens is 686 g/mol. The molecule has 0 fully saturated rings. The number of rotatable bonds is 8. The van der Waals surface area contributed by atoms with E-state index in [1.54, 1.807) is 28.7 Å². The number of ether oxygens (including phenoxy) is 1. The van der Waals surface area contributed by atoms with Crippen LogP contribution in [-0.4, -0.2) is 40.0 Å². The first-order valence-electron chi connectivity index (χ1n) is 8.19. The van der Waals surface area contributed by atoms with E-state index in [4.69, 9.17) is 4.74 Å². The number of benzene rings is 2. The van der Waals surface area contributed by atoms with Gasteiger partial charge >= 0.3 is 16.9 Å². The highest BCUT2D eigenvalue weighted by Gasteiger charge is 2.38. The molecule has 0 spiro atoms. The first-order valence-corrected chi connectivity index (χ1v) is 11.8. The van der Waals surface area contributed by atoms with Gasteiger partial charge in [0.05, 0.1) is 14.1 Å². The van der Waals surface area contributed by atoms with Crippen molar-refractivity contribution >= 4 is 72.7 Å². The second-order valence-electron chi connectivity index (χ2n) is 6.10. The maximum atomic E-state index is 13.3. The predicted octanol–water partition coefficient (Wildman–Crippen LogP) is 3.83. The molecule has 0 heterocycles. The molecule has 0 aliphatic carbocycles. The topological polar surface area (TPSA) is 164 Å². The van der Waals surface area contributed by atoms with E-state index in [-0.39, 0.29) is 5.56 Å². The number of hydrogen-bond donors (Lipinski definition) is 1. The van der Waals surface area contributed by atoms with E-state index in [1.807, 2.05) is 22.6 Å². The smallest absolute Gasteiger partial charge is 0.347 e. The molecule has 0 amide bonds. The standard InChI is InChI=1S/C17H11F2I2NO9S/c18-17(19,32(28,29)30)5-4-12(23)9-2-1-3-13(14(9)22(26)27)31-16(25)10-6-8(20)7-11(21)15(10)24/h1-3,6-7,24H,4-5H2,(H,28,29,30)/p-1. The Balaban J connectivity index is 2.39. The van der Waals surface area contributed by atoms with Gasteiger partial charge in [-0.15, -0.1) is 0 Å². The summed E-state index contributed by atoms with van der Waals surface area (Å²) in [4.78, 5) is 35.2. The highest BCUT2D eigenvalue weighted by molar-refractivity contribution is 14.1. The van der Waals surface area contributed by atoms with Crippen molar-refractivity contribution in [2.45, 2.75) is 18.1 Å². The normalized spacial score (nSPS) is 11.8. The van der Waals surface area contributed by atoms with Gasteiger partial charge in [-0.25, -0.2) is 13.2 Å². The van der Waals surface area contributed by atoms with Crippen molar-refractivity contribution < 1.29 is 46.1 Å². The summed E-state index contributed by atoms with van der Waals surface area (Å²) in [7, 11) is -6.04. The van der Waals surface area contributed by atoms with Gasteiger partial charge in [-0.1, -0.05) is 6.07 Å². The van der Waals surface area contributed by atoms with E-state index < -0.39 is 67.6 Å². The summed E-state index contributed by atoms with van der Waals surface area (Å²) in [6.07, 6.45) is -2.89. The molecule has 1 N–H and O–H groups in total. The third-order valence-corrected chi connectivity index (χ3v) is 6.32. The molecule has 0 saturated heterocycles. The summed E-state index contributed by atoms with van der Waals surface area (Å²) in [5, 5.41) is 16.8. The quantitative estimate of drug-likeness (QED) is 0.0822. The Morgan fingerprint density at radius 3 is 2.38 bits per heavy atom. The second kappa shape index (κ2) is 9.87. The number of phenolic OH excluding ortho intramolecular Hbond substituents is 1. The number of Topliss-reactive ketones (excluding diaryl/α,β-unsaturated/α-hetero) is 1. The summed E-state index contributed by atoms with van der Waals surface area (Å²) in [6.45, 7) is 0. The predicted molar refractivity (Wildman–Crippen MR) is 120 cm³/mol. The molecule has 0 bridgehead atoms. The van der Waals surface area contributed by atoms with Crippen LogP contribution in [0, 0.1) is 17.3 Å². The number of alkyl halides is 2. The number of hydrogen-bond acceptors (Lipinski definition) is 9. The zero-order valence-electron chi connectivity index (χ0n) is 15.4. The maximum absolute atomic E-state index is 13.3. The Labute approximate surface area is 206 Å². The molecule has 32 heavy (non-hydrogen) atoms. The number of nitro groups is 1. The van der Waals surface area contributed by atoms with Crippen molar-refractivity contribution in [1.82, 2.24) is 0 Å². The highest BCUT2D eigenvalue weighted by atomic mass is 127. The van der Waals surface area contributed by atoms with Gasteiger partial charge in [0.15, 0.2) is 15.9 Å². The number of phenols is 1. The average molecular weight is 696 g/mol. The Morgan fingerprint density at radius 1 is 1.19 bits per heavy atom.